The van der Waals surface area contributed by atoms with Gasteiger partial charge in [0.15, 0.2) is 5.11 Å². The Morgan fingerprint density at radius 3 is 2.65 bits per heavy atom. The monoisotopic (exact) mass is 572 g/mol. The topological polar surface area (TPSA) is 82.1 Å². The van der Waals surface area contributed by atoms with Crippen molar-refractivity contribution in [1.82, 2.24) is 20.5 Å². The number of hydrogen-bond acceptors (Lipinski definition) is 6. The largest absolute Gasteiger partial charge is 0.378 e. The highest BCUT2D eigenvalue weighted by Crippen LogP contribution is 2.29. The molecule has 1 saturated heterocycles. The molecular weight excluding hydrogens is 544 g/mol. The van der Waals surface area contributed by atoms with E-state index in [2.05, 4.69) is 38.7 Å². The molecular formula is C30H29ClN6O2S. The highest BCUT2D eigenvalue weighted by atomic mass is 35.5. The SMILES string of the molecule is CN1C(=O)C(NC(=S)NC2=c3ccccc3=C(N3CCOCC3)CC2)N=C(c2cccnc2)c2cc(Cl)ccc21. The molecule has 1 atom stereocenters. The van der Waals surface area contributed by atoms with E-state index >= 15 is 0 Å². The Hall–Kier alpha value is -3.79. The third-order valence-electron chi connectivity index (χ3n) is 7.43. The summed E-state index contributed by atoms with van der Waals surface area (Å²) in [6.45, 7) is 3.29. The summed E-state index contributed by atoms with van der Waals surface area (Å²) in [7, 11) is 1.73. The lowest BCUT2D eigenvalue weighted by atomic mass is 10.0. The Labute approximate surface area is 243 Å². The first-order chi connectivity index (χ1) is 19.5. The van der Waals surface area contributed by atoms with Gasteiger partial charge in [0.05, 0.1) is 24.6 Å². The maximum atomic E-state index is 13.6. The summed E-state index contributed by atoms with van der Waals surface area (Å²) >= 11 is 12.1. The van der Waals surface area contributed by atoms with Crippen LogP contribution in [0.3, 0.4) is 0 Å². The van der Waals surface area contributed by atoms with Crippen molar-refractivity contribution in [2.45, 2.75) is 19.0 Å². The zero-order chi connectivity index (χ0) is 27.6. The van der Waals surface area contributed by atoms with Gasteiger partial charge in [0, 0.05) is 70.5 Å². The molecule has 2 aliphatic heterocycles. The summed E-state index contributed by atoms with van der Waals surface area (Å²) in [4.78, 5) is 26.8. The number of ether oxygens (including phenoxy) is 1. The fourth-order valence-corrected chi connectivity index (χ4v) is 5.88. The predicted molar refractivity (Wildman–Crippen MR) is 162 cm³/mol. The van der Waals surface area contributed by atoms with Crippen LogP contribution in [0.2, 0.25) is 5.02 Å². The number of pyridine rings is 1. The fourth-order valence-electron chi connectivity index (χ4n) is 5.47. The summed E-state index contributed by atoms with van der Waals surface area (Å²) in [6, 6.07) is 17.6. The number of thiocarbonyl (C=S) groups is 1. The number of fused-ring (bicyclic) bond motifs is 2. The summed E-state index contributed by atoms with van der Waals surface area (Å²) in [6.07, 6.45) is 4.18. The van der Waals surface area contributed by atoms with Crippen LogP contribution in [-0.4, -0.2) is 66.1 Å². The molecule has 1 aromatic heterocycles. The molecule has 3 aromatic rings. The minimum absolute atomic E-state index is 0.233. The first-order valence-electron chi connectivity index (χ1n) is 13.3. The molecule has 40 heavy (non-hydrogen) atoms. The Bertz CT molecular complexity index is 1620. The maximum absolute atomic E-state index is 13.6. The number of likely N-dealkylation sites (N-methyl/N-ethyl adjacent to an activating group) is 1. The van der Waals surface area contributed by atoms with E-state index in [0.29, 0.717) is 21.5 Å². The van der Waals surface area contributed by atoms with Crippen LogP contribution in [0.4, 0.5) is 5.69 Å². The second kappa shape index (κ2) is 11.4. The Balaban J connectivity index is 1.33. The molecule has 8 nitrogen and oxygen atoms in total. The van der Waals surface area contributed by atoms with Crippen molar-refractivity contribution in [3.63, 3.8) is 0 Å². The molecule has 10 heteroatoms. The van der Waals surface area contributed by atoms with E-state index in [0.717, 1.165) is 61.2 Å². The Kier molecular flexibility index (Phi) is 7.51. The Morgan fingerprint density at radius 2 is 1.88 bits per heavy atom. The number of benzodiazepines with no additional fused rings is 1. The van der Waals surface area contributed by atoms with Crippen molar-refractivity contribution in [2.75, 3.05) is 38.3 Å². The molecule has 2 N–H and O–H groups in total. The van der Waals surface area contributed by atoms with E-state index in [1.807, 2.05) is 30.3 Å². The number of benzene rings is 2. The molecule has 0 spiro atoms. The summed E-state index contributed by atoms with van der Waals surface area (Å²) < 4.78 is 5.56. The number of hydrogen-bond donors (Lipinski definition) is 2. The van der Waals surface area contributed by atoms with Gasteiger partial charge in [-0.25, -0.2) is 4.99 Å². The summed E-state index contributed by atoms with van der Waals surface area (Å²) in [5, 5.41) is 9.78. The predicted octanol–water partition coefficient (Wildman–Crippen LogP) is 2.38. The number of morpholine rings is 1. The average molecular weight is 573 g/mol. The van der Waals surface area contributed by atoms with E-state index in [9.17, 15) is 4.79 Å². The number of carbonyl (C=O) groups is 1. The van der Waals surface area contributed by atoms with Crippen molar-refractivity contribution in [3.05, 3.63) is 93.6 Å². The average Bonchev–Trinajstić information content (AvgIpc) is 3.08. The van der Waals surface area contributed by atoms with Gasteiger partial charge < -0.3 is 25.2 Å². The van der Waals surface area contributed by atoms with Crippen LogP contribution in [0.1, 0.15) is 24.0 Å². The molecule has 0 saturated carbocycles. The molecule has 3 heterocycles. The van der Waals surface area contributed by atoms with Gasteiger partial charge in [0.25, 0.3) is 5.91 Å². The molecule has 1 unspecified atom stereocenters. The molecule has 0 bridgehead atoms. The summed E-state index contributed by atoms with van der Waals surface area (Å²) in [5.41, 5.74) is 5.21. The van der Waals surface area contributed by atoms with Gasteiger partial charge >= 0.3 is 0 Å². The lowest BCUT2D eigenvalue weighted by Gasteiger charge is -2.33. The first-order valence-corrected chi connectivity index (χ1v) is 14.1. The van der Waals surface area contributed by atoms with E-state index < -0.39 is 6.17 Å². The van der Waals surface area contributed by atoms with Crippen LogP contribution in [-0.2, 0) is 9.53 Å². The standard InChI is InChI=1S/C30H29ClN6O2S/c1-36-25-10-8-20(31)17-23(25)27(19-5-4-12-32-18-19)34-28(29(36)38)35-30(40)33-24-9-11-26(37-13-15-39-16-14-37)22-7-3-2-6-21(22)24/h2-8,10,12,17-18,28H,9,11,13-16H2,1H3,(H2,33,35,40). The smallest absolute Gasteiger partial charge is 0.272 e. The molecule has 1 aliphatic carbocycles. The molecule has 2 aromatic carbocycles. The number of nitrogens with zero attached hydrogens (tertiary/aromatic N) is 4. The first kappa shape index (κ1) is 26.4. The number of carbonyl (C=O) groups excluding carboxylic acids is 1. The van der Waals surface area contributed by atoms with Gasteiger partial charge in [-0.2, -0.15) is 0 Å². The van der Waals surface area contributed by atoms with Gasteiger partial charge in [0.1, 0.15) is 0 Å². The van der Waals surface area contributed by atoms with Crippen LogP contribution in [0.15, 0.2) is 72.0 Å². The van der Waals surface area contributed by atoms with Crippen molar-refractivity contribution in [3.8, 4) is 0 Å². The van der Waals surface area contributed by atoms with E-state index in [1.54, 1.807) is 30.4 Å². The number of halogens is 1. The third kappa shape index (κ3) is 5.20. The molecule has 0 radical (unpaired) electrons. The molecule has 6 rings (SSSR count). The highest BCUT2D eigenvalue weighted by molar-refractivity contribution is 7.80. The van der Waals surface area contributed by atoms with Crippen LogP contribution in [0.25, 0.3) is 11.4 Å². The lowest BCUT2D eigenvalue weighted by Crippen LogP contribution is -2.50. The molecule has 204 valence electrons. The van der Waals surface area contributed by atoms with Crippen LogP contribution in [0.5, 0.6) is 0 Å². The number of amides is 1. The molecule has 1 fully saturated rings. The number of anilines is 1. The molecule has 3 aliphatic rings. The molecule has 1 amide bonds. The van der Waals surface area contributed by atoms with Crippen molar-refractivity contribution in [2.24, 2.45) is 4.99 Å². The van der Waals surface area contributed by atoms with Crippen molar-refractivity contribution in [1.29, 1.82) is 0 Å². The third-order valence-corrected chi connectivity index (χ3v) is 7.89. The van der Waals surface area contributed by atoms with Gasteiger partial charge in [-0.05, 0) is 55.4 Å². The van der Waals surface area contributed by atoms with Crippen molar-refractivity contribution < 1.29 is 9.53 Å². The van der Waals surface area contributed by atoms with Gasteiger partial charge in [-0.15, -0.1) is 0 Å². The second-order valence-electron chi connectivity index (χ2n) is 9.85. The minimum Gasteiger partial charge on any atom is -0.378 e. The lowest BCUT2D eigenvalue weighted by molar-refractivity contribution is -0.119. The quantitative estimate of drug-likeness (QED) is 0.465. The maximum Gasteiger partial charge on any atom is 0.272 e. The Morgan fingerprint density at radius 1 is 1.07 bits per heavy atom. The van der Waals surface area contributed by atoms with E-state index in [-0.39, 0.29) is 5.91 Å². The van der Waals surface area contributed by atoms with Crippen LogP contribution < -0.4 is 26.0 Å². The second-order valence-corrected chi connectivity index (χ2v) is 10.7. The highest BCUT2D eigenvalue weighted by Gasteiger charge is 2.31. The fraction of sp³-hybridized carbons (Fsp3) is 0.267. The number of aliphatic imine (C=N–C) groups is 1. The number of rotatable bonds is 4. The van der Waals surface area contributed by atoms with Crippen LogP contribution in [0, 0.1) is 0 Å². The zero-order valence-corrected chi connectivity index (χ0v) is 23.6. The van der Waals surface area contributed by atoms with E-state index in [4.69, 9.17) is 33.5 Å². The van der Waals surface area contributed by atoms with Gasteiger partial charge in [0.2, 0.25) is 6.17 Å². The minimum atomic E-state index is -0.943. The normalized spacial score (nSPS) is 18.9. The van der Waals surface area contributed by atoms with E-state index in [1.165, 1.54) is 10.9 Å². The van der Waals surface area contributed by atoms with Crippen LogP contribution >= 0.6 is 23.8 Å². The summed E-state index contributed by atoms with van der Waals surface area (Å²) in [5.74, 6) is -0.233. The zero-order valence-electron chi connectivity index (χ0n) is 22.1. The van der Waals surface area contributed by atoms with Gasteiger partial charge in [-0.1, -0.05) is 35.9 Å². The van der Waals surface area contributed by atoms with Crippen molar-refractivity contribution >= 4 is 57.6 Å². The van der Waals surface area contributed by atoms with Gasteiger partial charge in [-0.3, -0.25) is 9.78 Å². The number of aromatic nitrogens is 1. The number of nitrogens with one attached hydrogen (secondary N) is 2.